The molecular formula is C19H21IN2O2. The number of aryl methyl sites for hydroxylation is 1. The second-order valence-electron chi connectivity index (χ2n) is 6.09. The summed E-state index contributed by atoms with van der Waals surface area (Å²) in [5, 5.41) is 5.73. The van der Waals surface area contributed by atoms with Crippen LogP contribution in [0, 0.1) is 16.4 Å². The number of carbonyl (C=O) groups is 2. The van der Waals surface area contributed by atoms with Crippen LogP contribution < -0.4 is 10.6 Å². The maximum absolute atomic E-state index is 12.5. The molecule has 0 aliphatic rings. The predicted octanol–water partition coefficient (Wildman–Crippen LogP) is 4.24. The Hall–Kier alpha value is -1.89. The van der Waals surface area contributed by atoms with Gasteiger partial charge in [-0.2, -0.15) is 0 Å². The van der Waals surface area contributed by atoms with E-state index in [0.29, 0.717) is 29.3 Å². The normalized spacial score (nSPS) is 10.5. The smallest absolute Gasteiger partial charge is 0.256 e. The molecule has 2 aromatic carbocycles. The molecule has 0 heterocycles. The summed E-state index contributed by atoms with van der Waals surface area (Å²) in [7, 11) is 0. The van der Waals surface area contributed by atoms with Crippen molar-refractivity contribution in [3.05, 3.63) is 62.7 Å². The van der Waals surface area contributed by atoms with Gasteiger partial charge < -0.3 is 10.6 Å². The van der Waals surface area contributed by atoms with Gasteiger partial charge in [0, 0.05) is 10.1 Å². The lowest BCUT2D eigenvalue weighted by Crippen LogP contribution is -2.28. The Balaban J connectivity index is 2.20. The van der Waals surface area contributed by atoms with E-state index in [0.717, 1.165) is 9.13 Å². The molecule has 0 aliphatic carbocycles. The van der Waals surface area contributed by atoms with Gasteiger partial charge in [0.05, 0.1) is 16.8 Å². The van der Waals surface area contributed by atoms with Crippen molar-refractivity contribution in [3.63, 3.8) is 0 Å². The molecule has 24 heavy (non-hydrogen) atoms. The molecule has 4 nitrogen and oxygen atoms in total. The van der Waals surface area contributed by atoms with E-state index >= 15 is 0 Å². The minimum absolute atomic E-state index is 0.182. The Morgan fingerprint density at radius 3 is 2.42 bits per heavy atom. The van der Waals surface area contributed by atoms with Crippen LogP contribution in [-0.2, 0) is 0 Å². The van der Waals surface area contributed by atoms with Crippen LogP contribution in [0.1, 0.15) is 40.1 Å². The van der Waals surface area contributed by atoms with Crippen molar-refractivity contribution in [1.82, 2.24) is 5.32 Å². The number of nitrogens with one attached hydrogen (secondary N) is 2. The Morgan fingerprint density at radius 2 is 1.75 bits per heavy atom. The average Bonchev–Trinajstić information content (AvgIpc) is 2.53. The van der Waals surface area contributed by atoms with Crippen LogP contribution in [-0.4, -0.2) is 18.4 Å². The second-order valence-corrected chi connectivity index (χ2v) is 7.25. The molecule has 0 spiro atoms. The van der Waals surface area contributed by atoms with E-state index in [2.05, 4.69) is 33.2 Å². The summed E-state index contributed by atoms with van der Waals surface area (Å²) in [6.07, 6.45) is 0. The van der Waals surface area contributed by atoms with E-state index in [4.69, 9.17) is 0 Å². The number of para-hydroxylation sites is 1. The molecule has 0 radical (unpaired) electrons. The molecule has 2 rings (SSSR count). The molecule has 126 valence electrons. The second kappa shape index (κ2) is 8.28. The van der Waals surface area contributed by atoms with Crippen molar-refractivity contribution in [2.75, 3.05) is 11.9 Å². The van der Waals surface area contributed by atoms with Gasteiger partial charge in [-0.25, -0.2) is 0 Å². The summed E-state index contributed by atoms with van der Waals surface area (Å²) in [6, 6.07) is 12.7. The molecule has 2 amide bonds. The molecule has 0 aliphatic heterocycles. The van der Waals surface area contributed by atoms with Gasteiger partial charge in [-0.05, 0) is 59.7 Å². The first kappa shape index (κ1) is 18.4. The highest BCUT2D eigenvalue weighted by atomic mass is 127. The van der Waals surface area contributed by atoms with Crippen LogP contribution in [0.5, 0.6) is 0 Å². The molecule has 0 aromatic heterocycles. The number of hydrogen-bond acceptors (Lipinski definition) is 2. The summed E-state index contributed by atoms with van der Waals surface area (Å²) in [4.78, 5) is 24.9. The molecule has 0 bridgehead atoms. The summed E-state index contributed by atoms with van der Waals surface area (Å²) < 4.78 is 0.881. The molecular weight excluding hydrogens is 415 g/mol. The van der Waals surface area contributed by atoms with Gasteiger partial charge >= 0.3 is 0 Å². The third kappa shape index (κ3) is 4.80. The van der Waals surface area contributed by atoms with E-state index in [1.54, 1.807) is 30.3 Å². The lowest BCUT2D eigenvalue weighted by atomic mass is 10.1. The van der Waals surface area contributed by atoms with Crippen molar-refractivity contribution in [2.45, 2.75) is 20.8 Å². The molecule has 0 fully saturated rings. The first-order valence-corrected chi connectivity index (χ1v) is 8.91. The highest BCUT2D eigenvalue weighted by Gasteiger charge is 2.15. The molecule has 0 atom stereocenters. The maximum Gasteiger partial charge on any atom is 0.256 e. The molecule has 5 heteroatoms. The van der Waals surface area contributed by atoms with Crippen LogP contribution in [0.15, 0.2) is 42.5 Å². The number of benzene rings is 2. The molecule has 0 saturated carbocycles. The van der Waals surface area contributed by atoms with E-state index in [1.165, 1.54) is 0 Å². The highest BCUT2D eigenvalue weighted by molar-refractivity contribution is 14.1. The maximum atomic E-state index is 12.5. The standard InChI is InChI=1S/C19H21IN2O2/c1-12(2)11-21-18(23)15-6-4-5-7-17(15)22-19(24)14-9-8-13(3)10-16(14)20/h4-10,12H,11H2,1-3H3,(H,21,23)(H,22,24). The Bertz CT molecular complexity index is 757. The topological polar surface area (TPSA) is 58.2 Å². The fourth-order valence-electron chi connectivity index (χ4n) is 2.18. The van der Waals surface area contributed by atoms with Crippen LogP contribution in [0.2, 0.25) is 0 Å². The minimum atomic E-state index is -0.219. The summed E-state index contributed by atoms with van der Waals surface area (Å²) in [5.74, 6) is -0.0356. The average molecular weight is 436 g/mol. The van der Waals surface area contributed by atoms with Gasteiger partial charge in [-0.1, -0.05) is 37.6 Å². The number of carbonyl (C=O) groups excluding carboxylic acids is 2. The van der Waals surface area contributed by atoms with Crippen LogP contribution in [0.25, 0.3) is 0 Å². The zero-order chi connectivity index (χ0) is 17.7. The quantitative estimate of drug-likeness (QED) is 0.690. The fourth-order valence-corrected chi connectivity index (χ4v) is 3.09. The van der Waals surface area contributed by atoms with Crippen LogP contribution in [0.4, 0.5) is 5.69 Å². The van der Waals surface area contributed by atoms with Crippen molar-refractivity contribution in [3.8, 4) is 0 Å². The number of halogens is 1. The SMILES string of the molecule is Cc1ccc(C(=O)Nc2ccccc2C(=O)NCC(C)C)c(I)c1. The number of anilines is 1. The summed E-state index contributed by atoms with van der Waals surface area (Å²) >= 11 is 2.15. The monoisotopic (exact) mass is 436 g/mol. The first-order chi connectivity index (χ1) is 11.4. The highest BCUT2D eigenvalue weighted by Crippen LogP contribution is 2.19. The zero-order valence-electron chi connectivity index (χ0n) is 14.0. The van der Waals surface area contributed by atoms with Crippen molar-refractivity contribution >= 4 is 40.1 Å². The molecule has 0 saturated heterocycles. The lowest BCUT2D eigenvalue weighted by molar-refractivity contribution is 0.0950. The fraction of sp³-hybridized carbons (Fsp3) is 0.263. The number of rotatable bonds is 5. The largest absolute Gasteiger partial charge is 0.352 e. The van der Waals surface area contributed by atoms with Crippen molar-refractivity contribution in [1.29, 1.82) is 0 Å². The lowest BCUT2D eigenvalue weighted by Gasteiger charge is -2.13. The van der Waals surface area contributed by atoms with E-state index in [-0.39, 0.29) is 11.8 Å². The minimum Gasteiger partial charge on any atom is -0.352 e. The first-order valence-electron chi connectivity index (χ1n) is 7.83. The summed E-state index contributed by atoms with van der Waals surface area (Å²) in [6.45, 7) is 6.65. The van der Waals surface area contributed by atoms with E-state index in [9.17, 15) is 9.59 Å². The van der Waals surface area contributed by atoms with Gasteiger partial charge in [0.15, 0.2) is 0 Å². The van der Waals surface area contributed by atoms with Gasteiger partial charge in [-0.3, -0.25) is 9.59 Å². The van der Waals surface area contributed by atoms with Gasteiger partial charge in [-0.15, -0.1) is 0 Å². The Kier molecular flexibility index (Phi) is 6.36. The van der Waals surface area contributed by atoms with Gasteiger partial charge in [0.1, 0.15) is 0 Å². The van der Waals surface area contributed by atoms with Crippen LogP contribution in [0.3, 0.4) is 0 Å². The van der Waals surface area contributed by atoms with Crippen molar-refractivity contribution < 1.29 is 9.59 Å². The Morgan fingerprint density at radius 1 is 1.04 bits per heavy atom. The van der Waals surface area contributed by atoms with Crippen molar-refractivity contribution in [2.24, 2.45) is 5.92 Å². The van der Waals surface area contributed by atoms with E-state index < -0.39 is 0 Å². The molecule has 0 unspecified atom stereocenters. The number of hydrogen-bond donors (Lipinski definition) is 2. The van der Waals surface area contributed by atoms with Gasteiger partial charge in [0.25, 0.3) is 11.8 Å². The Labute approximate surface area is 156 Å². The predicted molar refractivity (Wildman–Crippen MR) is 105 cm³/mol. The third-order valence-corrected chi connectivity index (χ3v) is 4.35. The third-order valence-electron chi connectivity index (χ3n) is 3.46. The summed E-state index contributed by atoms with van der Waals surface area (Å²) in [5.41, 5.74) is 2.68. The van der Waals surface area contributed by atoms with Gasteiger partial charge in [0.2, 0.25) is 0 Å². The van der Waals surface area contributed by atoms with Crippen LogP contribution >= 0.6 is 22.6 Å². The molecule has 2 aromatic rings. The number of amides is 2. The van der Waals surface area contributed by atoms with E-state index in [1.807, 2.05) is 32.9 Å². The zero-order valence-corrected chi connectivity index (χ0v) is 16.2. The molecule has 2 N–H and O–H groups in total.